The normalized spacial score (nSPS) is 24.7. The monoisotopic (exact) mass is 342 g/mol. The summed E-state index contributed by atoms with van der Waals surface area (Å²) in [7, 11) is 2.02. The van der Waals surface area contributed by atoms with E-state index < -0.39 is 0 Å². The first-order chi connectivity index (χ1) is 11.7. The van der Waals surface area contributed by atoms with Crippen molar-refractivity contribution in [3.8, 4) is 0 Å². The van der Waals surface area contributed by atoms with Gasteiger partial charge in [0.1, 0.15) is 0 Å². The number of fused-ring (bicyclic) bond motifs is 1. The SMILES string of the molecule is CN(C(=O)Cc1cccc2sccc12)[C@@H]1CCC[C@H]1N1CCCC1. The Bertz CT molecular complexity index is 719. The van der Waals surface area contributed by atoms with Crippen molar-refractivity contribution >= 4 is 27.3 Å². The minimum absolute atomic E-state index is 0.268. The van der Waals surface area contributed by atoms with E-state index in [1.54, 1.807) is 11.3 Å². The fraction of sp³-hybridized carbons (Fsp3) is 0.550. The first kappa shape index (κ1) is 16.1. The highest BCUT2D eigenvalue weighted by atomic mass is 32.1. The molecular weight excluding hydrogens is 316 g/mol. The number of carbonyl (C=O) groups is 1. The van der Waals surface area contributed by atoms with Gasteiger partial charge in [0.2, 0.25) is 5.91 Å². The van der Waals surface area contributed by atoms with Gasteiger partial charge >= 0.3 is 0 Å². The zero-order valence-corrected chi connectivity index (χ0v) is 15.2. The molecule has 0 radical (unpaired) electrons. The van der Waals surface area contributed by atoms with Gasteiger partial charge in [-0.25, -0.2) is 0 Å². The van der Waals surface area contributed by atoms with Crippen LogP contribution in [0.25, 0.3) is 10.1 Å². The third kappa shape index (κ3) is 2.98. The van der Waals surface area contributed by atoms with Crippen molar-refractivity contribution in [2.75, 3.05) is 20.1 Å². The Morgan fingerprint density at radius 2 is 2.04 bits per heavy atom. The van der Waals surface area contributed by atoms with Crippen LogP contribution in [0.15, 0.2) is 29.6 Å². The van der Waals surface area contributed by atoms with Crippen LogP contribution in [0.2, 0.25) is 0 Å². The topological polar surface area (TPSA) is 23.6 Å². The van der Waals surface area contributed by atoms with Crippen LogP contribution in [-0.2, 0) is 11.2 Å². The highest BCUT2D eigenvalue weighted by Crippen LogP contribution is 2.31. The molecule has 2 heterocycles. The van der Waals surface area contributed by atoms with Crippen molar-refractivity contribution in [1.82, 2.24) is 9.80 Å². The molecule has 128 valence electrons. The summed E-state index contributed by atoms with van der Waals surface area (Å²) in [4.78, 5) is 17.6. The smallest absolute Gasteiger partial charge is 0.227 e. The second-order valence-electron chi connectivity index (χ2n) is 7.24. The fourth-order valence-corrected chi connectivity index (χ4v) is 5.39. The average molecular weight is 343 g/mol. The van der Waals surface area contributed by atoms with E-state index in [0.717, 1.165) is 6.42 Å². The molecule has 0 N–H and O–H groups in total. The molecule has 4 rings (SSSR count). The second-order valence-corrected chi connectivity index (χ2v) is 8.19. The quantitative estimate of drug-likeness (QED) is 0.841. The molecule has 2 atom stereocenters. The second kappa shape index (κ2) is 6.85. The molecule has 4 heteroatoms. The number of likely N-dealkylation sites (tertiary alicyclic amines) is 1. The lowest BCUT2D eigenvalue weighted by atomic mass is 10.0. The van der Waals surface area contributed by atoms with Gasteiger partial charge in [-0.15, -0.1) is 11.3 Å². The van der Waals surface area contributed by atoms with Crippen molar-refractivity contribution in [2.24, 2.45) is 0 Å². The van der Waals surface area contributed by atoms with Gasteiger partial charge in [-0.1, -0.05) is 12.1 Å². The van der Waals surface area contributed by atoms with E-state index in [2.05, 4.69) is 39.4 Å². The van der Waals surface area contributed by atoms with Crippen molar-refractivity contribution < 1.29 is 4.79 Å². The van der Waals surface area contributed by atoms with Crippen molar-refractivity contribution in [2.45, 2.75) is 50.6 Å². The van der Waals surface area contributed by atoms with E-state index in [9.17, 15) is 4.79 Å². The van der Waals surface area contributed by atoms with E-state index in [0.29, 0.717) is 18.5 Å². The molecule has 2 aromatic rings. The van der Waals surface area contributed by atoms with Crippen LogP contribution in [0.3, 0.4) is 0 Å². The average Bonchev–Trinajstić information content (AvgIpc) is 3.32. The first-order valence-electron chi connectivity index (χ1n) is 9.19. The maximum absolute atomic E-state index is 12.9. The summed E-state index contributed by atoms with van der Waals surface area (Å²) in [5, 5.41) is 3.36. The zero-order valence-electron chi connectivity index (χ0n) is 14.4. The molecule has 2 fully saturated rings. The Morgan fingerprint density at radius 1 is 1.21 bits per heavy atom. The van der Waals surface area contributed by atoms with Crippen LogP contribution in [0.1, 0.15) is 37.7 Å². The highest BCUT2D eigenvalue weighted by molar-refractivity contribution is 7.17. The summed E-state index contributed by atoms with van der Waals surface area (Å²) in [6.45, 7) is 2.44. The third-order valence-corrected chi connectivity index (χ3v) is 6.75. The summed E-state index contributed by atoms with van der Waals surface area (Å²) >= 11 is 1.75. The number of rotatable bonds is 4. The Balaban J connectivity index is 1.48. The molecular formula is C20H26N2OS. The molecule has 1 aromatic heterocycles. The van der Waals surface area contributed by atoms with Crippen molar-refractivity contribution in [3.63, 3.8) is 0 Å². The van der Waals surface area contributed by atoms with Gasteiger partial charge in [-0.2, -0.15) is 0 Å². The van der Waals surface area contributed by atoms with Crippen LogP contribution >= 0.6 is 11.3 Å². The lowest BCUT2D eigenvalue weighted by molar-refractivity contribution is -0.132. The molecule has 0 spiro atoms. The fourth-order valence-electron chi connectivity index (χ4n) is 4.56. The molecule has 0 unspecified atom stereocenters. The lowest BCUT2D eigenvalue weighted by Gasteiger charge is -2.35. The zero-order chi connectivity index (χ0) is 16.5. The van der Waals surface area contributed by atoms with Gasteiger partial charge in [0.05, 0.1) is 6.42 Å². The predicted octanol–water partition coefficient (Wildman–Crippen LogP) is 3.92. The number of nitrogens with zero attached hydrogens (tertiary/aromatic N) is 2. The summed E-state index contributed by atoms with van der Waals surface area (Å²) in [6.07, 6.45) is 6.83. The van der Waals surface area contributed by atoms with Crippen molar-refractivity contribution in [1.29, 1.82) is 0 Å². The number of carbonyl (C=O) groups excluding carboxylic acids is 1. The van der Waals surface area contributed by atoms with E-state index >= 15 is 0 Å². The summed E-state index contributed by atoms with van der Waals surface area (Å²) in [5.41, 5.74) is 1.17. The van der Waals surface area contributed by atoms with Crippen LogP contribution in [0.5, 0.6) is 0 Å². The predicted molar refractivity (Wildman–Crippen MR) is 101 cm³/mol. The van der Waals surface area contributed by atoms with Gasteiger partial charge in [-0.3, -0.25) is 9.69 Å². The number of likely N-dealkylation sites (N-methyl/N-ethyl adjacent to an activating group) is 1. The lowest BCUT2D eigenvalue weighted by Crippen LogP contribution is -2.49. The minimum atomic E-state index is 0.268. The number of amides is 1. The Labute approximate surface area is 148 Å². The molecule has 0 bridgehead atoms. The van der Waals surface area contributed by atoms with E-state index in [1.165, 1.54) is 54.4 Å². The van der Waals surface area contributed by atoms with Gasteiger partial charge in [0.15, 0.2) is 0 Å². The van der Waals surface area contributed by atoms with E-state index in [4.69, 9.17) is 0 Å². The number of thiophene rings is 1. The molecule has 1 amide bonds. The van der Waals surface area contributed by atoms with E-state index in [1.807, 2.05) is 7.05 Å². The van der Waals surface area contributed by atoms with Crippen LogP contribution in [-0.4, -0.2) is 47.9 Å². The maximum atomic E-state index is 12.9. The van der Waals surface area contributed by atoms with Crippen LogP contribution < -0.4 is 0 Å². The summed E-state index contributed by atoms with van der Waals surface area (Å²) in [6, 6.07) is 9.44. The van der Waals surface area contributed by atoms with Crippen molar-refractivity contribution in [3.05, 3.63) is 35.2 Å². The van der Waals surface area contributed by atoms with Gasteiger partial charge < -0.3 is 4.90 Å². The number of hydrogen-bond donors (Lipinski definition) is 0. The minimum Gasteiger partial charge on any atom is -0.341 e. The summed E-state index contributed by atoms with van der Waals surface area (Å²) in [5.74, 6) is 0.268. The third-order valence-electron chi connectivity index (χ3n) is 5.87. The highest BCUT2D eigenvalue weighted by Gasteiger charge is 2.37. The molecule has 2 aliphatic rings. The molecule has 1 aromatic carbocycles. The number of hydrogen-bond acceptors (Lipinski definition) is 3. The molecule has 24 heavy (non-hydrogen) atoms. The van der Waals surface area contributed by atoms with Gasteiger partial charge in [0, 0.05) is 23.8 Å². The Hall–Kier alpha value is -1.39. The van der Waals surface area contributed by atoms with Gasteiger partial charge in [-0.05, 0) is 73.7 Å². The molecule has 1 aliphatic heterocycles. The molecule has 1 aliphatic carbocycles. The molecule has 3 nitrogen and oxygen atoms in total. The van der Waals surface area contributed by atoms with Gasteiger partial charge in [0.25, 0.3) is 0 Å². The van der Waals surface area contributed by atoms with Crippen LogP contribution in [0.4, 0.5) is 0 Å². The largest absolute Gasteiger partial charge is 0.341 e. The van der Waals surface area contributed by atoms with Crippen LogP contribution in [0, 0.1) is 0 Å². The standard InChI is InChI=1S/C20H26N2OS/c1-21(17-7-5-8-18(17)22-11-2-3-12-22)20(23)14-15-6-4-9-19-16(15)10-13-24-19/h4,6,9-10,13,17-18H,2-3,5,7-8,11-12,14H2,1H3/t17-,18-/m1/s1. The Kier molecular flexibility index (Phi) is 4.59. The Morgan fingerprint density at radius 3 is 2.88 bits per heavy atom. The summed E-state index contributed by atoms with van der Waals surface area (Å²) < 4.78 is 1.28. The maximum Gasteiger partial charge on any atom is 0.227 e. The first-order valence-corrected chi connectivity index (χ1v) is 10.1. The number of benzene rings is 1. The molecule has 1 saturated heterocycles. The van der Waals surface area contributed by atoms with E-state index in [-0.39, 0.29) is 5.91 Å². The molecule has 1 saturated carbocycles.